The van der Waals surface area contributed by atoms with E-state index in [4.69, 9.17) is 0 Å². The molecule has 4 rings (SSSR count). The van der Waals surface area contributed by atoms with E-state index in [0.717, 1.165) is 43.6 Å². The minimum atomic E-state index is 0.231. The number of carbonyl (C=O) groups is 1. The molecule has 0 radical (unpaired) electrons. The quantitative estimate of drug-likeness (QED) is 0.873. The third kappa shape index (κ3) is 2.58. The minimum absolute atomic E-state index is 0.231. The van der Waals surface area contributed by atoms with Gasteiger partial charge in [0.05, 0.1) is 17.5 Å². The first-order chi connectivity index (χ1) is 10.8. The summed E-state index contributed by atoms with van der Waals surface area (Å²) in [5.41, 5.74) is 1.42. The number of amides is 1. The summed E-state index contributed by atoms with van der Waals surface area (Å²) in [7, 11) is 0. The maximum absolute atomic E-state index is 12.9. The molecule has 22 heavy (non-hydrogen) atoms. The van der Waals surface area contributed by atoms with Crippen LogP contribution in [0.3, 0.4) is 0 Å². The van der Waals surface area contributed by atoms with Crippen LogP contribution in [-0.4, -0.2) is 33.2 Å². The van der Waals surface area contributed by atoms with E-state index < -0.39 is 0 Å². The molecule has 2 aromatic heterocycles. The van der Waals surface area contributed by atoms with E-state index in [1.165, 1.54) is 23.3 Å². The summed E-state index contributed by atoms with van der Waals surface area (Å²) in [6.07, 6.45) is 10.8. The van der Waals surface area contributed by atoms with Crippen molar-refractivity contribution in [3.8, 4) is 0 Å². The Bertz CT molecular complexity index is 638. The Kier molecular flexibility index (Phi) is 3.74. The van der Waals surface area contributed by atoms with Crippen LogP contribution in [0.1, 0.15) is 45.8 Å². The number of nitrogens with zero attached hydrogens (tertiary/aromatic N) is 3. The lowest BCUT2D eigenvalue weighted by atomic mass is 9.99. The molecule has 0 N–H and O–H groups in total. The largest absolute Gasteiger partial charge is 0.333 e. The Hall–Kier alpha value is -1.62. The van der Waals surface area contributed by atoms with E-state index in [1.807, 2.05) is 16.9 Å². The minimum Gasteiger partial charge on any atom is -0.333 e. The van der Waals surface area contributed by atoms with E-state index >= 15 is 0 Å². The third-order valence-electron chi connectivity index (χ3n) is 4.80. The van der Waals surface area contributed by atoms with Gasteiger partial charge in [-0.3, -0.25) is 9.48 Å². The van der Waals surface area contributed by atoms with Crippen molar-refractivity contribution in [2.75, 3.05) is 6.54 Å². The van der Waals surface area contributed by atoms with Gasteiger partial charge in [-0.2, -0.15) is 5.10 Å². The van der Waals surface area contributed by atoms with Crippen LogP contribution in [0.2, 0.25) is 0 Å². The number of likely N-dealkylation sites (tertiary alicyclic amines) is 1. The summed E-state index contributed by atoms with van der Waals surface area (Å²) < 4.78 is 1.94. The first kappa shape index (κ1) is 14.0. The fourth-order valence-electron chi connectivity index (χ4n) is 3.65. The van der Waals surface area contributed by atoms with Crippen molar-refractivity contribution in [3.63, 3.8) is 0 Å². The zero-order valence-electron chi connectivity index (χ0n) is 12.7. The number of hydrogen-bond acceptors (Lipinski definition) is 3. The standard InChI is InChI=1S/C17H21N3OS/c21-17(16-11-13-5-1-2-7-15(13)22-16)20-10-3-6-14(20)12-19-9-4-8-18-19/h4,8-9,11,14H,1-3,5-7,10,12H2/t14-/m0/s1. The van der Waals surface area contributed by atoms with Crippen LogP contribution in [0.25, 0.3) is 0 Å². The average molecular weight is 315 g/mol. The molecule has 3 heterocycles. The Morgan fingerprint density at radius 1 is 1.32 bits per heavy atom. The second kappa shape index (κ2) is 5.88. The molecular formula is C17H21N3OS. The summed E-state index contributed by atoms with van der Waals surface area (Å²) in [5, 5.41) is 4.28. The highest BCUT2D eigenvalue weighted by molar-refractivity contribution is 7.14. The zero-order chi connectivity index (χ0) is 14.9. The van der Waals surface area contributed by atoms with Gasteiger partial charge in [-0.25, -0.2) is 0 Å². The molecule has 0 aromatic carbocycles. The van der Waals surface area contributed by atoms with Gasteiger partial charge in [0.1, 0.15) is 0 Å². The molecular weight excluding hydrogens is 294 g/mol. The van der Waals surface area contributed by atoms with Gasteiger partial charge in [-0.1, -0.05) is 0 Å². The molecule has 5 heteroatoms. The van der Waals surface area contributed by atoms with Gasteiger partial charge < -0.3 is 4.90 Å². The van der Waals surface area contributed by atoms with Crippen LogP contribution in [0, 0.1) is 0 Å². The summed E-state index contributed by atoms with van der Waals surface area (Å²) >= 11 is 1.73. The van der Waals surface area contributed by atoms with Crippen molar-refractivity contribution in [3.05, 3.63) is 39.8 Å². The van der Waals surface area contributed by atoms with Crippen molar-refractivity contribution in [1.29, 1.82) is 0 Å². The molecule has 1 fully saturated rings. The Morgan fingerprint density at radius 2 is 2.23 bits per heavy atom. The van der Waals surface area contributed by atoms with E-state index in [2.05, 4.69) is 16.1 Å². The predicted octanol–water partition coefficient (Wildman–Crippen LogP) is 3.13. The fourth-order valence-corrected chi connectivity index (χ4v) is 4.86. The topological polar surface area (TPSA) is 38.1 Å². The lowest BCUT2D eigenvalue weighted by molar-refractivity contribution is 0.0726. The highest BCUT2D eigenvalue weighted by Gasteiger charge is 2.31. The molecule has 1 aliphatic carbocycles. The normalized spacial score (nSPS) is 21.1. The Balaban J connectivity index is 1.52. The predicted molar refractivity (Wildman–Crippen MR) is 87.2 cm³/mol. The lowest BCUT2D eigenvalue weighted by Crippen LogP contribution is -2.37. The van der Waals surface area contributed by atoms with Crippen LogP contribution in [0.15, 0.2) is 24.5 Å². The first-order valence-electron chi connectivity index (χ1n) is 8.21. The number of carbonyl (C=O) groups excluding carboxylic acids is 1. The van der Waals surface area contributed by atoms with Crippen LogP contribution in [0.5, 0.6) is 0 Å². The van der Waals surface area contributed by atoms with Crippen molar-refractivity contribution in [1.82, 2.24) is 14.7 Å². The molecule has 4 nitrogen and oxygen atoms in total. The van der Waals surface area contributed by atoms with Crippen molar-refractivity contribution >= 4 is 17.2 Å². The number of rotatable bonds is 3. The van der Waals surface area contributed by atoms with Crippen molar-refractivity contribution in [2.24, 2.45) is 0 Å². The summed E-state index contributed by atoms with van der Waals surface area (Å²) in [4.78, 5) is 17.4. The molecule has 1 aliphatic heterocycles. The van der Waals surface area contributed by atoms with E-state index in [0.29, 0.717) is 0 Å². The van der Waals surface area contributed by atoms with Crippen LogP contribution in [0.4, 0.5) is 0 Å². The average Bonchev–Trinajstić information content (AvgIpc) is 3.27. The molecule has 1 saturated heterocycles. The maximum atomic E-state index is 12.9. The van der Waals surface area contributed by atoms with Gasteiger partial charge in [0.2, 0.25) is 0 Å². The highest BCUT2D eigenvalue weighted by atomic mass is 32.1. The second-order valence-corrected chi connectivity index (χ2v) is 7.43. The third-order valence-corrected chi connectivity index (χ3v) is 6.03. The number of fused-ring (bicyclic) bond motifs is 1. The molecule has 1 amide bonds. The van der Waals surface area contributed by atoms with Gasteiger partial charge in [0.25, 0.3) is 5.91 Å². The molecule has 0 saturated carbocycles. The molecule has 116 valence electrons. The van der Waals surface area contributed by atoms with Gasteiger partial charge in [0.15, 0.2) is 0 Å². The molecule has 2 aromatic rings. The second-order valence-electron chi connectivity index (χ2n) is 6.29. The zero-order valence-corrected chi connectivity index (χ0v) is 13.5. The smallest absolute Gasteiger partial charge is 0.264 e. The first-order valence-corrected chi connectivity index (χ1v) is 9.03. The van der Waals surface area contributed by atoms with Crippen LogP contribution in [-0.2, 0) is 19.4 Å². The summed E-state index contributed by atoms with van der Waals surface area (Å²) in [6.45, 7) is 1.69. The molecule has 2 aliphatic rings. The number of thiophene rings is 1. The molecule has 1 atom stereocenters. The molecule has 0 bridgehead atoms. The molecule has 0 spiro atoms. The summed E-state index contributed by atoms with van der Waals surface area (Å²) in [6, 6.07) is 4.38. The summed E-state index contributed by atoms with van der Waals surface area (Å²) in [5.74, 6) is 0.231. The van der Waals surface area contributed by atoms with Gasteiger partial charge in [0, 0.05) is 23.8 Å². The van der Waals surface area contributed by atoms with E-state index in [9.17, 15) is 4.79 Å². The lowest BCUT2D eigenvalue weighted by Gasteiger charge is -2.24. The number of hydrogen-bond donors (Lipinski definition) is 0. The number of aromatic nitrogens is 2. The monoisotopic (exact) mass is 315 g/mol. The molecule has 0 unspecified atom stereocenters. The van der Waals surface area contributed by atoms with Gasteiger partial charge in [-0.15, -0.1) is 11.3 Å². The van der Waals surface area contributed by atoms with Crippen molar-refractivity contribution in [2.45, 2.75) is 51.1 Å². The van der Waals surface area contributed by atoms with E-state index in [-0.39, 0.29) is 11.9 Å². The fraction of sp³-hybridized carbons (Fsp3) is 0.529. The highest BCUT2D eigenvalue weighted by Crippen LogP contribution is 2.32. The Labute approximate surface area is 134 Å². The van der Waals surface area contributed by atoms with Crippen LogP contribution < -0.4 is 0 Å². The van der Waals surface area contributed by atoms with Crippen molar-refractivity contribution < 1.29 is 4.79 Å². The number of aryl methyl sites for hydroxylation is 2. The Morgan fingerprint density at radius 3 is 3.05 bits per heavy atom. The SMILES string of the molecule is O=C(c1cc2c(s1)CCCC2)N1CCC[C@H]1Cn1cccn1. The maximum Gasteiger partial charge on any atom is 0.264 e. The van der Waals surface area contributed by atoms with Gasteiger partial charge in [-0.05, 0) is 56.2 Å². The van der Waals surface area contributed by atoms with Crippen LogP contribution >= 0.6 is 11.3 Å². The van der Waals surface area contributed by atoms with Gasteiger partial charge >= 0.3 is 0 Å². The van der Waals surface area contributed by atoms with E-state index in [1.54, 1.807) is 17.5 Å².